The van der Waals surface area contributed by atoms with E-state index in [-0.39, 0.29) is 11.8 Å². The first-order chi connectivity index (χ1) is 6.74. The Balaban J connectivity index is 2.28. The summed E-state index contributed by atoms with van der Waals surface area (Å²) in [6.45, 7) is 3.75. The Morgan fingerprint density at radius 2 is 2.14 bits per heavy atom. The smallest absolute Gasteiger partial charge is 0.352 e. The van der Waals surface area contributed by atoms with Gasteiger partial charge in [0.25, 0.3) is 0 Å². The largest absolute Gasteiger partial charge is 0.458 e. The Hall–Kier alpha value is -0.900. The maximum absolute atomic E-state index is 11.3. The van der Waals surface area contributed by atoms with Crippen molar-refractivity contribution in [3.05, 3.63) is 0 Å². The number of ether oxygens (including phenoxy) is 1. The van der Waals surface area contributed by atoms with Gasteiger partial charge in [0.2, 0.25) is 0 Å². The van der Waals surface area contributed by atoms with Crippen LogP contribution in [0.4, 0.5) is 0 Å². The summed E-state index contributed by atoms with van der Waals surface area (Å²) in [6.07, 6.45) is 3.08. The van der Waals surface area contributed by atoms with Gasteiger partial charge in [-0.25, -0.2) is 4.79 Å². The molecular formula is C10H18N2O2. The lowest BCUT2D eigenvalue weighted by atomic mass is 10.1. The van der Waals surface area contributed by atoms with E-state index in [1.165, 1.54) is 0 Å². The van der Waals surface area contributed by atoms with Crippen LogP contribution in [-0.2, 0) is 9.53 Å². The molecule has 0 aromatic heterocycles. The Morgan fingerprint density at radius 1 is 1.50 bits per heavy atom. The highest BCUT2D eigenvalue weighted by atomic mass is 16.5. The molecular weight excluding hydrogens is 180 g/mol. The minimum absolute atomic E-state index is 0.0148. The highest BCUT2D eigenvalue weighted by Gasteiger charge is 2.19. The van der Waals surface area contributed by atoms with Crippen molar-refractivity contribution in [2.24, 2.45) is 0 Å². The minimum Gasteiger partial charge on any atom is -0.458 e. The lowest BCUT2D eigenvalue weighted by Crippen LogP contribution is -2.35. The topological polar surface area (TPSA) is 62.2 Å². The summed E-state index contributed by atoms with van der Waals surface area (Å²) in [5.74, 6) is -0.432. The van der Waals surface area contributed by atoms with Crippen molar-refractivity contribution in [2.75, 3.05) is 13.1 Å². The van der Waals surface area contributed by atoms with E-state index in [4.69, 9.17) is 10.1 Å². The van der Waals surface area contributed by atoms with Crippen molar-refractivity contribution in [1.29, 1.82) is 5.41 Å². The fourth-order valence-electron chi connectivity index (χ4n) is 1.49. The average molecular weight is 198 g/mol. The van der Waals surface area contributed by atoms with Gasteiger partial charge in [-0.15, -0.1) is 0 Å². The van der Waals surface area contributed by atoms with Crippen LogP contribution in [0.2, 0.25) is 0 Å². The molecule has 1 heterocycles. The third-order valence-corrected chi connectivity index (χ3v) is 2.31. The lowest BCUT2D eigenvalue weighted by Gasteiger charge is -2.22. The number of carbonyl (C=O) groups is 1. The molecule has 0 spiro atoms. The predicted molar refractivity (Wildman–Crippen MR) is 54.6 cm³/mol. The summed E-state index contributed by atoms with van der Waals surface area (Å²) in [7, 11) is 0. The number of rotatable bonds is 4. The monoisotopic (exact) mass is 198 g/mol. The van der Waals surface area contributed by atoms with Crippen LogP contribution >= 0.6 is 0 Å². The second-order valence-electron chi connectivity index (χ2n) is 3.58. The zero-order valence-electron chi connectivity index (χ0n) is 8.64. The van der Waals surface area contributed by atoms with Crippen LogP contribution in [0.15, 0.2) is 0 Å². The SMILES string of the molecule is CCCC(=N)C(=O)OC1CCNCC1. The molecule has 0 bridgehead atoms. The van der Waals surface area contributed by atoms with Crippen LogP contribution in [0.25, 0.3) is 0 Å². The first-order valence-electron chi connectivity index (χ1n) is 5.23. The molecule has 0 unspecified atom stereocenters. The fourth-order valence-corrected chi connectivity index (χ4v) is 1.49. The Kier molecular flexibility index (Phi) is 4.59. The molecule has 4 nitrogen and oxygen atoms in total. The second kappa shape index (κ2) is 5.75. The van der Waals surface area contributed by atoms with Gasteiger partial charge in [-0.2, -0.15) is 0 Å². The molecule has 0 saturated carbocycles. The molecule has 2 N–H and O–H groups in total. The van der Waals surface area contributed by atoms with Crippen LogP contribution in [0.3, 0.4) is 0 Å². The first-order valence-corrected chi connectivity index (χ1v) is 5.23. The maximum Gasteiger partial charge on any atom is 0.352 e. The number of nitrogens with one attached hydrogen (secondary N) is 2. The summed E-state index contributed by atoms with van der Waals surface area (Å²) in [5.41, 5.74) is 0.103. The molecule has 1 aliphatic heterocycles. The molecule has 4 heteroatoms. The quantitative estimate of drug-likeness (QED) is 0.525. The van der Waals surface area contributed by atoms with E-state index in [9.17, 15) is 4.79 Å². The highest BCUT2D eigenvalue weighted by Crippen LogP contribution is 2.08. The van der Waals surface area contributed by atoms with Crippen molar-refractivity contribution >= 4 is 11.7 Å². The first kappa shape index (κ1) is 11.2. The summed E-state index contributed by atoms with van der Waals surface area (Å²) in [4.78, 5) is 11.3. The summed E-state index contributed by atoms with van der Waals surface area (Å²) in [6, 6.07) is 0. The van der Waals surface area contributed by atoms with Crippen molar-refractivity contribution in [3.63, 3.8) is 0 Å². The molecule has 0 aromatic rings. The minimum atomic E-state index is -0.432. The number of hydrogen-bond donors (Lipinski definition) is 2. The molecule has 14 heavy (non-hydrogen) atoms. The highest BCUT2D eigenvalue weighted by molar-refractivity contribution is 6.35. The van der Waals surface area contributed by atoms with Gasteiger partial charge in [-0.3, -0.25) is 5.41 Å². The van der Waals surface area contributed by atoms with Gasteiger partial charge in [0.1, 0.15) is 11.8 Å². The Bertz CT molecular complexity index is 210. The third-order valence-electron chi connectivity index (χ3n) is 2.31. The third kappa shape index (κ3) is 3.46. The van der Waals surface area contributed by atoms with Crippen molar-refractivity contribution < 1.29 is 9.53 Å². The van der Waals surface area contributed by atoms with E-state index in [0.717, 1.165) is 32.4 Å². The van der Waals surface area contributed by atoms with E-state index in [1.54, 1.807) is 0 Å². The summed E-state index contributed by atoms with van der Waals surface area (Å²) >= 11 is 0. The van der Waals surface area contributed by atoms with Crippen LogP contribution in [0, 0.1) is 5.41 Å². The molecule has 0 radical (unpaired) electrons. The maximum atomic E-state index is 11.3. The molecule has 0 aromatic carbocycles. The number of carbonyl (C=O) groups excluding carboxylic acids is 1. The van der Waals surface area contributed by atoms with E-state index in [0.29, 0.717) is 6.42 Å². The zero-order chi connectivity index (χ0) is 10.4. The normalized spacial score (nSPS) is 17.8. The Morgan fingerprint density at radius 3 is 2.71 bits per heavy atom. The van der Waals surface area contributed by atoms with E-state index >= 15 is 0 Å². The van der Waals surface area contributed by atoms with E-state index in [2.05, 4.69) is 5.32 Å². The number of esters is 1. The van der Waals surface area contributed by atoms with Gasteiger partial charge in [0.15, 0.2) is 0 Å². The molecule has 80 valence electrons. The van der Waals surface area contributed by atoms with Crippen LogP contribution < -0.4 is 5.32 Å². The standard InChI is InChI=1S/C10H18N2O2/c1-2-3-9(11)10(13)14-8-4-6-12-7-5-8/h8,11-12H,2-7H2,1H3. The van der Waals surface area contributed by atoms with Gasteiger partial charge < -0.3 is 10.1 Å². The van der Waals surface area contributed by atoms with Gasteiger partial charge in [0.05, 0.1) is 0 Å². The van der Waals surface area contributed by atoms with Crippen LogP contribution in [-0.4, -0.2) is 30.9 Å². The number of hydrogen-bond acceptors (Lipinski definition) is 4. The van der Waals surface area contributed by atoms with Crippen molar-refractivity contribution in [1.82, 2.24) is 5.32 Å². The molecule has 1 rings (SSSR count). The van der Waals surface area contributed by atoms with Gasteiger partial charge in [-0.05, 0) is 32.4 Å². The lowest BCUT2D eigenvalue weighted by molar-refractivity contribution is -0.142. The summed E-state index contributed by atoms with van der Waals surface area (Å²) < 4.78 is 5.20. The van der Waals surface area contributed by atoms with Gasteiger partial charge in [0, 0.05) is 0 Å². The molecule has 1 saturated heterocycles. The molecule has 0 aliphatic carbocycles. The fraction of sp³-hybridized carbons (Fsp3) is 0.800. The second-order valence-corrected chi connectivity index (χ2v) is 3.58. The molecule has 0 amide bonds. The zero-order valence-corrected chi connectivity index (χ0v) is 8.64. The van der Waals surface area contributed by atoms with Crippen molar-refractivity contribution in [2.45, 2.75) is 38.7 Å². The Labute approximate surface area is 84.5 Å². The van der Waals surface area contributed by atoms with Gasteiger partial charge >= 0.3 is 5.97 Å². The molecule has 1 fully saturated rings. The van der Waals surface area contributed by atoms with Crippen molar-refractivity contribution in [3.8, 4) is 0 Å². The molecule has 1 aliphatic rings. The van der Waals surface area contributed by atoms with E-state index < -0.39 is 5.97 Å². The number of piperidine rings is 1. The van der Waals surface area contributed by atoms with E-state index in [1.807, 2.05) is 6.92 Å². The summed E-state index contributed by atoms with van der Waals surface area (Å²) in [5, 5.41) is 10.6. The predicted octanol–water partition coefficient (Wildman–Crippen LogP) is 1.10. The van der Waals surface area contributed by atoms with Crippen LogP contribution in [0.1, 0.15) is 32.6 Å². The average Bonchev–Trinajstić information content (AvgIpc) is 2.19. The molecule has 0 atom stereocenters. The van der Waals surface area contributed by atoms with Gasteiger partial charge in [-0.1, -0.05) is 13.3 Å². The van der Waals surface area contributed by atoms with Crippen LogP contribution in [0.5, 0.6) is 0 Å².